The van der Waals surface area contributed by atoms with E-state index in [1.54, 1.807) is 36.7 Å². The number of hydrogen-bond acceptors (Lipinski definition) is 10. The largest absolute Gasteiger partial charge is 0.522 e. The standard InChI is InChI=1S/C35H29NO.C35H28NO.2C22H30N.CHF3O3S.2CH4O.2Ir/c2*1-21-20-36-31(18-22(21)19-35(2,3)4)30-15-9-14-28-29-17-16-27-25-12-6-5-10-23(25)24-11-7-8-13-26(24)32(27)34(29)37-33(28)30;2*1-16-8-10-17(11-9-16)20-12-18(13-21(2,3)4)19(15-23-20)14-22(5,6)7;2-1(3,4)8(5,6)7;2*1-2;;/h5-18,20H,19H2,1-4H3;5-14,16-18,20H,19H2,1-4H3;2*8-10,12,15H,13-14H2,1-7H3;(H,5,6,7);2*2H,1H3;;/q;3*-1;;;;;/i2*1D3;2*1D3,14D2;;;;;. The smallest absolute Gasteiger partial charge is 0.500 e. The molecule has 134 heavy (non-hydrogen) atoms. The number of alkyl halides is 3. The third-order valence-electron chi connectivity index (χ3n) is 21.5. The Morgan fingerprint density at radius 2 is 0.657 bits per heavy atom. The van der Waals surface area contributed by atoms with Crippen molar-refractivity contribution in [3.05, 3.63) is 311 Å². The molecule has 0 unspecified atom stereocenters. The van der Waals surface area contributed by atoms with Crippen LogP contribution in [0.1, 0.15) is 202 Å². The van der Waals surface area contributed by atoms with Crippen LogP contribution in [0.5, 0.6) is 0 Å². The van der Waals surface area contributed by atoms with Crippen LogP contribution in [-0.2, 0) is 88.8 Å². The van der Waals surface area contributed by atoms with E-state index in [0.29, 0.717) is 81.7 Å². The second kappa shape index (κ2) is 42.7. The SMILES string of the molecule is CO.CO.O=S(=O)(O)C(F)(F)F.[2H]C([2H])([2H])c1c[c-]c(-c2cc(CC(C)(C)C)c(C([2H])([2H])C(C)(C)C)cn2)cc1.[2H]C([2H])([2H])c1c[c-]c(-c2cc(CC(C)(C)C)c(C([2H])([2H])C(C)(C)C)cn2)cc1.[2H]C([2H])([2H])c1cnc(-c2[c-]ccc3c2oc2c3ccc3c4ccccc4c4ccccc4c32)cc1CC(C)(C)C.[2H]C([2H])([2H])c1cnc(-c2cccc3c2oc2c3ccc3c4ccccc4c4ccccc4c32)cc1CC(C)(C)C.[Ir].[Ir]. The maximum absolute atomic E-state index is 10.7. The second-order valence-electron chi connectivity index (χ2n) is 39.9. The quantitative estimate of drug-likeness (QED) is 0.0515. The molecule has 704 valence electrons. The summed E-state index contributed by atoms with van der Waals surface area (Å²) in [5.41, 5.74) is 7.74. The number of nitrogens with zero attached hydrogens (tertiary/aromatic N) is 4. The van der Waals surface area contributed by atoms with Crippen LogP contribution in [-0.4, -0.2) is 62.8 Å². The number of rotatable bonds is 10. The van der Waals surface area contributed by atoms with Gasteiger partial charge in [-0.25, -0.2) is 0 Å². The molecule has 12 aromatic carbocycles. The monoisotopic (exact) mass is 2190 g/mol. The van der Waals surface area contributed by atoms with Crippen LogP contribution < -0.4 is 0 Å². The number of halogens is 3. The Bertz CT molecular complexity index is 7530. The van der Waals surface area contributed by atoms with Gasteiger partial charge in [-0.15, -0.1) is 89.0 Å². The first-order valence-corrected chi connectivity index (χ1v) is 45.2. The van der Waals surface area contributed by atoms with Gasteiger partial charge in [0, 0.05) is 134 Å². The van der Waals surface area contributed by atoms with Gasteiger partial charge >= 0.3 is 15.6 Å². The van der Waals surface area contributed by atoms with Crippen LogP contribution >= 0.6 is 0 Å². The van der Waals surface area contributed by atoms with Crippen molar-refractivity contribution < 1.29 is 107 Å². The normalized spacial score (nSPS) is 14.4. The van der Waals surface area contributed by atoms with E-state index in [1.807, 2.05) is 90.1 Å². The zero-order chi connectivity index (χ0) is 110. The van der Waals surface area contributed by atoms with E-state index in [2.05, 4.69) is 249 Å². The Hall–Kier alpha value is -10.7. The number of pyridine rings is 4. The number of aliphatic hydroxyl groups is 2. The van der Waals surface area contributed by atoms with Crippen LogP contribution in [0.2, 0.25) is 0 Å². The molecule has 0 bridgehead atoms. The Morgan fingerprint density at radius 3 is 1.01 bits per heavy atom. The summed E-state index contributed by atoms with van der Waals surface area (Å²) in [5, 5.41) is 32.2. The number of aromatic nitrogens is 4. The molecular weight excluding hydrogens is 2050 g/mol. The van der Waals surface area contributed by atoms with E-state index in [1.165, 1.54) is 56.8 Å². The van der Waals surface area contributed by atoms with Gasteiger partial charge in [-0.1, -0.05) is 300 Å². The summed E-state index contributed by atoms with van der Waals surface area (Å²) in [7, 11) is -3.84. The number of fused-ring (bicyclic) bond motifs is 20. The minimum Gasteiger partial charge on any atom is -0.500 e. The van der Waals surface area contributed by atoms with E-state index < -0.39 is 66.6 Å². The molecular formula is C117H126F3Ir2N4O7S-3. The molecule has 0 atom stereocenters. The maximum atomic E-state index is 10.7. The number of aryl methyl sites for hydroxylation is 4. The molecule has 0 saturated carbocycles. The molecule has 0 aliphatic heterocycles. The van der Waals surface area contributed by atoms with Gasteiger partial charge in [-0.2, -0.15) is 21.6 Å². The molecule has 6 aromatic heterocycles. The molecule has 0 fully saturated rings. The molecule has 18 aromatic rings. The zero-order valence-corrected chi connectivity index (χ0v) is 84.9. The molecule has 17 heteroatoms. The first-order valence-electron chi connectivity index (χ1n) is 51.7. The minimum atomic E-state index is -5.84. The van der Waals surface area contributed by atoms with Gasteiger partial charge in [0.25, 0.3) is 0 Å². The fourth-order valence-corrected chi connectivity index (χ4v) is 16.5. The third-order valence-corrected chi connectivity index (χ3v) is 22.1. The average molecular weight is 2190 g/mol. The topological polar surface area (TPSA) is 173 Å². The molecule has 0 spiro atoms. The minimum absolute atomic E-state index is 0. The van der Waals surface area contributed by atoms with Crippen molar-refractivity contribution in [3.63, 3.8) is 0 Å². The van der Waals surface area contributed by atoms with Crippen molar-refractivity contribution in [2.75, 3.05) is 14.2 Å². The predicted octanol–water partition coefficient (Wildman–Crippen LogP) is 31.5. The molecule has 0 saturated heterocycles. The summed E-state index contributed by atoms with van der Waals surface area (Å²) in [6.45, 7) is 28.0. The summed E-state index contributed by atoms with van der Waals surface area (Å²) in [4.78, 5) is 18.3. The number of para-hydroxylation sites is 1. The van der Waals surface area contributed by atoms with Crippen LogP contribution in [0.3, 0.4) is 0 Å². The average Bonchev–Trinajstić information content (AvgIpc) is 1.55. The number of furan rings is 2. The van der Waals surface area contributed by atoms with E-state index in [0.717, 1.165) is 124 Å². The van der Waals surface area contributed by atoms with Crippen molar-refractivity contribution in [3.8, 4) is 45.0 Å². The predicted molar refractivity (Wildman–Crippen MR) is 547 cm³/mol. The summed E-state index contributed by atoms with van der Waals surface area (Å²) in [6, 6.07) is 79.4. The number of hydrogen-bond donors (Lipinski definition) is 3. The Labute approximate surface area is 839 Å². The van der Waals surface area contributed by atoms with Crippen LogP contribution in [0.25, 0.3) is 154 Å². The van der Waals surface area contributed by atoms with E-state index >= 15 is 0 Å². The van der Waals surface area contributed by atoms with E-state index in [-0.39, 0.29) is 73.0 Å². The van der Waals surface area contributed by atoms with Crippen molar-refractivity contribution in [1.29, 1.82) is 0 Å². The van der Waals surface area contributed by atoms with Crippen molar-refractivity contribution in [2.24, 2.45) is 32.5 Å². The fraction of sp³-hybridized carbons (Fsp3) is 0.316. The van der Waals surface area contributed by atoms with Crippen LogP contribution in [0, 0.1) is 78.1 Å². The van der Waals surface area contributed by atoms with Gasteiger partial charge in [0.05, 0.1) is 11.3 Å². The zero-order valence-electron chi connectivity index (χ0n) is 95.3. The fourth-order valence-electron chi connectivity index (χ4n) is 16.5. The first-order chi connectivity index (χ1) is 68.5. The summed E-state index contributed by atoms with van der Waals surface area (Å²) >= 11 is 0. The van der Waals surface area contributed by atoms with Crippen molar-refractivity contribution >= 4 is 119 Å². The van der Waals surface area contributed by atoms with Gasteiger partial charge in [-0.05, 0) is 213 Å². The van der Waals surface area contributed by atoms with Crippen molar-refractivity contribution in [2.45, 2.75) is 196 Å². The molecule has 0 aliphatic rings. The summed E-state index contributed by atoms with van der Waals surface area (Å²) in [6.07, 6.45) is 5.91. The third kappa shape index (κ3) is 25.5. The van der Waals surface area contributed by atoms with Gasteiger partial charge in [0.15, 0.2) is 0 Å². The molecule has 3 N–H and O–H groups in total. The Balaban J connectivity index is 0.000000199. The van der Waals surface area contributed by atoms with Crippen molar-refractivity contribution in [1.82, 2.24) is 19.9 Å². The molecule has 6 heterocycles. The van der Waals surface area contributed by atoms with Gasteiger partial charge in [-0.3, -0.25) is 9.54 Å². The Morgan fingerprint density at radius 1 is 0.343 bits per heavy atom. The van der Waals surface area contributed by atoms with E-state index in [9.17, 15) is 13.2 Å². The van der Waals surface area contributed by atoms with Gasteiger partial charge in [0.2, 0.25) is 0 Å². The maximum Gasteiger partial charge on any atom is 0.522 e. The molecule has 0 aliphatic carbocycles. The van der Waals surface area contributed by atoms with E-state index in [4.69, 9.17) is 54.0 Å². The summed E-state index contributed by atoms with van der Waals surface area (Å²) in [5.74, 6) is 0. The first kappa shape index (κ1) is 83.9. The van der Waals surface area contributed by atoms with Crippen LogP contribution in [0.15, 0.2) is 246 Å². The number of aliphatic hydroxyl groups excluding tert-OH is 2. The number of benzene rings is 12. The summed E-state index contributed by atoms with van der Waals surface area (Å²) < 4.78 is 199. The Kier molecular flexibility index (Phi) is 26.7. The van der Waals surface area contributed by atoms with Crippen LogP contribution in [0.4, 0.5) is 13.2 Å². The van der Waals surface area contributed by atoms with Gasteiger partial charge in [0.1, 0.15) is 16.7 Å². The van der Waals surface area contributed by atoms with Gasteiger partial charge < -0.3 is 34.0 Å². The second-order valence-corrected chi connectivity index (χ2v) is 41.3. The molecule has 18 rings (SSSR count). The molecule has 2 radical (unpaired) electrons. The molecule has 0 amide bonds. The molecule has 11 nitrogen and oxygen atoms in total.